The van der Waals surface area contributed by atoms with Gasteiger partial charge in [0.2, 0.25) is 0 Å². The molecule has 0 aromatic heterocycles. The first-order chi connectivity index (χ1) is 6.88. The highest BCUT2D eigenvalue weighted by Gasteiger charge is 2.10. The average molecular weight is 230 g/mol. The van der Waals surface area contributed by atoms with E-state index in [0.29, 0.717) is 5.56 Å². The summed E-state index contributed by atoms with van der Waals surface area (Å²) in [5, 5.41) is 9.59. The van der Waals surface area contributed by atoms with Crippen molar-refractivity contribution in [3.8, 4) is 0 Å². The molecule has 0 heterocycles. The van der Waals surface area contributed by atoms with E-state index in [4.69, 9.17) is 0 Å². The summed E-state index contributed by atoms with van der Waals surface area (Å²) in [5.74, 6) is 0. The van der Waals surface area contributed by atoms with Gasteiger partial charge in [-0.1, -0.05) is 29.8 Å². The molecule has 0 bridgehead atoms. The van der Waals surface area contributed by atoms with E-state index in [2.05, 4.69) is 4.18 Å². The zero-order valence-corrected chi connectivity index (χ0v) is 9.49. The standard InChI is InChI=1S/C10H14O4S/c1-8-3-5-9(6-4-8)10(11)7-14-15(2,12)13/h3-6,10-11H,7H2,1-2H3/t10-/m1/s1. The molecule has 0 spiro atoms. The van der Waals surface area contributed by atoms with Gasteiger partial charge in [0.25, 0.3) is 10.1 Å². The Labute approximate surface area is 89.6 Å². The Morgan fingerprint density at radius 3 is 2.33 bits per heavy atom. The van der Waals surface area contributed by atoms with Gasteiger partial charge in [-0.15, -0.1) is 0 Å². The maximum atomic E-state index is 10.7. The quantitative estimate of drug-likeness (QED) is 0.784. The fourth-order valence-corrected chi connectivity index (χ4v) is 1.45. The zero-order valence-electron chi connectivity index (χ0n) is 8.67. The van der Waals surface area contributed by atoms with Crippen molar-refractivity contribution in [2.45, 2.75) is 13.0 Å². The van der Waals surface area contributed by atoms with Crippen LogP contribution < -0.4 is 0 Å². The summed E-state index contributed by atoms with van der Waals surface area (Å²) in [6.45, 7) is 1.69. The minimum atomic E-state index is -3.50. The van der Waals surface area contributed by atoms with Crippen LogP contribution in [0.3, 0.4) is 0 Å². The third kappa shape index (κ3) is 4.42. The Bertz CT molecular complexity index is 408. The topological polar surface area (TPSA) is 63.6 Å². The van der Waals surface area contributed by atoms with Crippen molar-refractivity contribution in [2.75, 3.05) is 12.9 Å². The van der Waals surface area contributed by atoms with Gasteiger partial charge in [0.15, 0.2) is 0 Å². The molecule has 0 aliphatic heterocycles. The molecule has 1 N–H and O–H groups in total. The van der Waals surface area contributed by atoms with Crippen molar-refractivity contribution in [1.82, 2.24) is 0 Å². The molecule has 0 amide bonds. The molecule has 0 aliphatic rings. The largest absolute Gasteiger partial charge is 0.386 e. The fraction of sp³-hybridized carbons (Fsp3) is 0.400. The second-order valence-electron chi connectivity index (χ2n) is 3.42. The Morgan fingerprint density at radius 1 is 1.33 bits per heavy atom. The molecule has 0 radical (unpaired) electrons. The number of hydrogen-bond donors (Lipinski definition) is 1. The molecule has 4 nitrogen and oxygen atoms in total. The van der Waals surface area contributed by atoms with Crippen LogP contribution in [0.2, 0.25) is 0 Å². The highest BCUT2D eigenvalue weighted by Crippen LogP contribution is 2.14. The molecule has 0 saturated carbocycles. The van der Waals surface area contributed by atoms with E-state index < -0.39 is 16.2 Å². The minimum Gasteiger partial charge on any atom is -0.386 e. The predicted octanol–water partition coefficient (Wildman–Crippen LogP) is 1.00. The van der Waals surface area contributed by atoms with E-state index in [1.165, 1.54) is 0 Å². The third-order valence-corrected chi connectivity index (χ3v) is 2.47. The van der Waals surface area contributed by atoms with Crippen molar-refractivity contribution >= 4 is 10.1 Å². The van der Waals surface area contributed by atoms with Gasteiger partial charge in [-0.25, -0.2) is 0 Å². The summed E-state index contributed by atoms with van der Waals surface area (Å²) in [5.41, 5.74) is 1.72. The zero-order chi connectivity index (χ0) is 11.5. The normalized spacial score (nSPS) is 13.8. The van der Waals surface area contributed by atoms with Gasteiger partial charge in [0.05, 0.1) is 12.9 Å². The van der Waals surface area contributed by atoms with Crippen LogP contribution in [-0.2, 0) is 14.3 Å². The van der Waals surface area contributed by atoms with Crippen LogP contribution >= 0.6 is 0 Å². The summed E-state index contributed by atoms with van der Waals surface area (Å²) in [4.78, 5) is 0. The molecule has 1 aromatic carbocycles. The first kappa shape index (κ1) is 12.2. The lowest BCUT2D eigenvalue weighted by Gasteiger charge is -2.10. The van der Waals surface area contributed by atoms with Gasteiger partial charge < -0.3 is 5.11 Å². The van der Waals surface area contributed by atoms with Gasteiger partial charge in [0, 0.05) is 0 Å². The van der Waals surface area contributed by atoms with Crippen molar-refractivity contribution in [3.63, 3.8) is 0 Å². The van der Waals surface area contributed by atoms with Gasteiger partial charge in [-0.3, -0.25) is 4.18 Å². The lowest BCUT2D eigenvalue weighted by atomic mass is 10.1. The molecule has 5 heteroatoms. The number of aliphatic hydroxyl groups is 1. The molecule has 0 unspecified atom stereocenters. The van der Waals surface area contributed by atoms with E-state index >= 15 is 0 Å². The Balaban J connectivity index is 2.61. The van der Waals surface area contributed by atoms with E-state index in [9.17, 15) is 13.5 Å². The summed E-state index contributed by atoms with van der Waals surface area (Å²) < 4.78 is 25.9. The Hall–Kier alpha value is -0.910. The summed E-state index contributed by atoms with van der Waals surface area (Å²) in [6.07, 6.45) is 0.0369. The lowest BCUT2D eigenvalue weighted by Crippen LogP contribution is -2.11. The first-order valence-electron chi connectivity index (χ1n) is 4.47. The van der Waals surface area contributed by atoms with Gasteiger partial charge in [-0.05, 0) is 12.5 Å². The van der Waals surface area contributed by atoms with Crippen molar-refractivity contribution in [3.05, 3.63) is 35.4 Å². The molecule has 0 aliphatic carbocycles. The first-order valence-corrected chi connectivity index (χ1v) is 6.29. The fourth-order valence-electron chi connectivity index (χ4n) is 1.07. The number of hydrogen-bond acceptors (Lipinski definition) is 4. The van der Waals surface area contributed by atoms with Gasteiger partial charge in [0.1, 0.15) is 6.10 Å². The second-order valence-corrected chi connectivity index (χ2v) is 5.06. The van der Waals surface area contributed by atoms with E-state index in [1.807, 2.05) is 19.1 Å². The number of rotatable bonds is 4. The molecule has 15 heavy (non-hydrogen) atoms. The van der Waals surface area contributed by atoms with E-state index in [1.54, 1.807) is 12.1 Å². The highest BCUT2D eigenvalue weighted by molar-refractivity contribution is 7.85. The molecular formula is C10H14O4S. The van der Waals surface area contributed by atoms with Crippen LogP contribution in [-0.4, -0.2) is 26.4 Å². The van der Waals surface area contributed by atoms with Crippen LogP contribution in [0.5, 0.6) is 0 Å². The van der Waals surface area contributed by atoms with Crippen molar-refractivity contribution < 1.29 is 17.7 Å². The molecule has 1 atom stereocenters. The van der Waals surface area contributed by atoms with Crippen LogP contribution in [0.15, 0.2) is 24.3 Å². The monoisotopic (exact) mass is 230 g/mol. The van der Waals surface area contributed by atoms with Gasteiger partial charge in [-0.2, -0.15) is 8.42 Å². The summed E-state index contributed by atoms with van der Waals surface area (Å²) in [7, 11) is -3.50. The molecule has 84 valence electrons. The minimum absolute atomic E-state index is 0.248. The maximum absolute atomic E-state index is 10.7. The van der Waals surface area contributed by atoms with E-state index in [0.717, 1.165) is 11.8 Å². The highest BCUT2D eigenvalue weighted by atomic mass is 32.2. The molecule has 1 rings (SSSR count). The summed E-state index contributed by atoms with van der Waals surface area (Å²) >= 11 is 0. The van der Waals surface area contributed by atoms with Crippen molar-refractivity contribution in [1.29, 1.82) is 0 Å². The predicted molar refractivity (Wildman–Crippen MR) is 56.9 cm³/mol. The summed E-state index contributed by atoms with van der Waals surface area (Å²) in [6, 6.07) is 7.18. The smallest absolute Gasteiger partial charge is 0.264 e. The van der Waals surface area contributed by atoms with E-state index in [-0.39, 0.29) is 6.61 Å². The Morgan fingerprint density at radius 2 is 1.87 bits per heavy atom. The second kappa shape index (κ2) is 4.74. The molecule has 1 aromatic rings. The Kier molecular flexibility index (Phi) is 3.84. The molecular weight excluding hydrogens is 216 g/mol. The van der Waals surface area contributed by atoms with Crippen LogP contribution in [0, 0.1) is 6.92 Å². The average Bonchev–Trinajstić information content (AvgIpc) is 2.14. The van der Waals surface area contributed by atoms with Crippen molar-refractivity contribution in [2.24, 2.45) is 0 Å². The van der Waals surface area contributed by atoms with Crippen LogP contribution in [0.1, 0.15) is 17.2 Å². The number of aryl methyl sites for hydroxylation is 1. The molecule has 0 saturated heterocycles. The number of aliphatic hydroxyl groups excluding tert-OH is 1. The lowest BCUT2D eigenvalue weighted by molar-refractivity contribution is 0.112. The number of benzene rings is 1. The van der Waals surface area contributed by atoms with Crippen LogP contribution in [0.25, 0.3) is 0 Å². The van der Waals surface area contributed by atoms with Gasteiger partial charge >= 0.3 is 0 Å². The molecule has 0 fully saturated rings. The maximum Gasteiger partial charge on any atom is 0.264 e. The van der Waals surface area contributed by atoms with Crippen LogP contribution in [0.4, 0.5) is 0 Å². The third-order valence-electron chi connectivity index (χ3n) is 1.90. The SMILES string of the molecule is Cc1ccc([C@H](O)COS(C)(=O)=O)cc1.